The monoisotopic (exact) mass is 141 g/mol. The van der Waals surface area contributed by atoms with Crippen molar-refractivity contribution in [1.82, 2.24) is 0 Å². The SMILES string of the molecule is NON.Nc1ccccc1. The Bertz CT molecular complexity index is 154. The maximum atomic E-state index is 5.36. The highest BCUT2D eigenvalue weighted by Crippen LogP contribution is 1.95. The summed E-state index contributed by atoms with van der Waals surface area (Å²) >= 11 is 0. The number of nitrogens with two attached hydrogens (primary N) is 3. The lowest BCUT2D eigenvalue weighted by molar-refractivity contribution is 0.142. The lowest BCUT2D eigenvalue weighted by Gasteiger charge is -1.83. The molecule has 0 heterocycles. The van der Waals surface area contributed by atoms with Crippen molar-refractivity contribution in [3.8, 4) is 0 Å². The number of anilines is 1. The van der Waals surface area contributed by atoms with E-state index in [2.05, 4.69) is 16.7 Å². The van der Waals surface area contributed by atoms with E-state index in [4.69, 9.17) is 5.73 Å². The van der Waals surface area contributed by atoms with E-state index in [0.717, 1.165) is 5.69 Å². The average molecular weight is 141 g/mol. The van der Waals surface area contributed by atoms with Crippen molar-refractivity contribution in [2.75, 3.05) is 5.73 Å². The lowest BCUT2D eigenvalue weighted by atomic mass is 10.3. The van der Waals surface area contributed by atoms with Crippen molar-refractivity contribution in [3.05, 3.63) is 30.3 Å². The molecule has 56 valence electrons. The average Bonchev–Trinajstić information content (AvgIpc) is 1.91. The molecule has 10 heavy (non-hydrogen) atoms. The smallest absolute Gasteiger partial charge is 0.0313 e. The van der Waals surface area contributed by atoms with Gasteiger partial charge in [-0.2, -0.15) is 11.8 Å². The van der Waals surface area contributed by atoms with Crippen molar-refractivity contribution >= 4 is 5.69 Å². The van der Waals surface area contributed by atoms with E-state index in [1.807, 2.05) is 30.3 Å². The zero-order valence-electron chi connectivity index (χ0n) is 5.53. The molecule has 0 radical (unpaired) electrons. The normalized spacial score (nSPS) is 7.80. The number of nitrogen functional groups attached to an aromatic ring is 1. The van der Waals surface area contributed by atoms with Gasteiger partial charge in [0.05, 0.1) is 0 Å². The Labute approximate surface area is 59.5 Å². The lowest BCUT2D eigenvalue weighted by Crippen LogP contribution is -2.03. The number of hydrogen-bond acceptors (Lipinski definition) is 4. The maximum absolute atomic E-state index is 5.36. The molecule has 0 saturated heterocycles. The fourth-order valence-corrected chi connectivity index (χ4v) is 0.453. The topological polar surface area (TPSA) is 87.3 Å². The molecule has 1 aromatic carbocycles. The number of benzene rings is 1. The van der Waals surface area contributed by atoms with E-state index >= 15 is 0 Å². The predicted octanol–water partition coefficient (Wildman–Crippen LogP) is 0.0192. The summed E-state index contributed by atoms with van der Waals surface area (Å²) in [4.78, 5) is 3.25. The van der Waals surface area contributed by atoms with Gasteiger partial charge in [0.2, 0.25) is 0 Å². The van der Waals surface area contributed by atoms with Crippen molar-refractivity contribution < 1.29 is 4.94 Å². The van der Waals surface area contributed by atoms with Gasteiger partial charge in [0.15, 0.2) is 0 Å². The summed E-state index contributed by atoms with van der Waals surface area (Å²) in [5, 5.41) is 0. The van der Waals surface area contributed by atoms with Gasteiger partial charge < -0.3 is 5.73 Å². The molecule has 0 aliphatic heterocycles. The highest BCUT2D eigenvalue weighted by molar-refractivity contribution is 5.35. The number of rotatable bonds is 0. The molecule has 0 aliphatic rings. The van der Waals surface area contributed by atoms with Crippen LogP contribution in [-0.2, 0) is 4.94 Å². The molecule has 0 fully saturated rings. The van der Waals surface area contributed by atoms with Gasteiger partial charge in [-0.05, 0) is 12.1 Å². The minimum absolute atomic E-state index is 0.822. The molecule has 4 heteroatoms. The fourth-order valence-electron chi connectivity index (χ4n) is 0.453. The van der Waals surface area contributed by atoms with Gasteiger partial charge >= 0.3 is 0 Å². The van der Waals surface area contributed by atoms with Gasteiger partial charge in [-0.25, -0.2) is 4.94 Å². The molecule has 0 unspecified atom stereocenters. The van der Waals surface area contributed by atoms with Crippen LogP contribution in [0, 0.1) is 0 Å². The minimum atomic E-state index is 0.822. The molecular formula is C6H11N3O. The van der Waals surface area contributed by atoms with E-state index in [1.54, 1.807) is 0 Å². The molecule has 0 amide bonds. The van der Waals surface area contributed by atoms with E-state index in [9.17, 15) is 0 Å². The fraction of sp³-hybridized carbons (Fsp3) is 0. The number of hydrogen-bond donors (Lipinski definition) is 3. The van der Waals surface area contributed by atoms with Crippen LogP contribution in [0.1, 0.15) is 0 Å². The largest absolute Gasteiger partial charge is 0.399 e. The predicted molar refractivity (Wildman–Crippen MR) is 40.3 cm³/mol. The van der Waals surface area contributed by atoms with Crippen molar-refractivity contribution in [2.24, 2.45) is 11.8 Å². The van der Waals surface area contributed by atoms with Crippen LogP contribution < -0.4 is 17.5 Å². The quantitative estimate of drug-likeness (QED) is 0.351. The maximum Gasteiger partial charge on any atom is 0.0313 e. The Kier molecular flexibility index (Phi) is 5.36. The Hall–Kier alpha value is -1.10. The first-order chi connectivity index (χ1) is 4.81. The summed E-state index contributed by atoms with van der Waals surface area (Å²) in [7, 11) is 0. The van der Waals surface area contributed by atoms with Gasteiger partial charge in [-0.15, -0.1) is 0 Å². The number of para-hydroxylation sites is 1. The minimum Gasteiger partial charge on any atom is -0.399 e. The summed E-state index contributed by atoms with van der Waals surface area (Å²) < 4.78 is 0. The third-order valence-corrected chi connectivity index (χ3v) is 0.800. The van der Waals surface area contributed by atoms with Crippen LogP contribution in [0.5, 0.6) is 0 Å². The summed E-state index contributed by atoms with van der Waals surface area (Å²) in [6.07, 6.45) is 0. The van der Waals surface area contributed by atoms with Gasteiger partial charge in [-0.1, -0.05) is 18.2 Å². The molecule has 0 bridgehead atoms. The van der Waals surface area contributed by atoms with Crippen LogP contribution in [0.3, 0.4) is 0 Å². The summed E-state index contributed by atoms with van der Waals surface area (Å²) in [5.74, 6) is 8.25. The molecule has 1 rings (SSSR count). The first kappa shape index (κ1) is 8.90. The Balaban J connectivity index is 0.000000236. The summed E-state index contributed by atoms with van der Waals surface area (Å²) in [6, 6.07) is 9.49. The van der Waals surface area contributed by atoms with Crippen LogP contribution in [0.2, 0.25) is 0 Å². The van der Waals surface area contributed by atoms with Crippen LogP contribution in [-0.4, -0.2) is 0 Å². The highest BCUT2D eigenvalue weighted by Gasteiger charge is 1.72. The van der Waals surface area contributed by atoms with Crippen LogP contribution in [0.4, 0.5) is 5.69 Å². The van der Waals surface area contributed by atoms with E-state index in [-0.39, 0.29) is 0 Å². The third kappa shape index (κ3) is 5.04. The molecule has 1 aromatic rings. The van der Waals surface area contributed by atoms with E-state index < -0.39 is 0 Å². The molecule has 0 saturated carbocycles. The summed E-state index contributed by atoms with van der Waals surface area (Å²) in [6.45, 7) is 0. The van der Waals surface area contributed by atoms with Gasteiger partial charge in [0.1, 0.15) is 0 Å². The van der Waals surface area contributed by atoms with Crippen LogP contribution >= 0.6 is 0 Å². The highest BCUT2D eigenvalue weighted by atomic mass is 16.7. The zero-order chi connectivity index (χ0) is 7.82. The molecule has 4 nitrogen and oxygen atoms in total. The standard InChI is InChI=1S/C6H7N.H4N2O/c7-6-4-2-1-3-5-6;1-3-2/h1-5H,7H2;1-2H2. The van der Waals surface area contributed by atoms with Gasteiger partial charge in [0.25, 0.3) is 0 Å². The van der Waals surface area contributed by atoms with Gasteiger partial charge in [0, 0.05) is 5.69 Å². The van der Waals surface area contributed by atoms with Crippen molar-refractivity contribution in [2.45, 2.75) is 0 Å². The van der Waals surface area contributed by atoms with Crippen LogP contribution in [0.15, 0.2) is 30.3 Å². The molecule has 0 aromatic heterocycles. The zero-order valence-corrected chi connectivity index (χ0v) is 5.53. The molecular weight excluding hydrogens is 130 g/mol. The van der Waals surface area contributed by atoms with Gasteiger partial charge in [-0.3, -0.25) is 0 Å². The molecule has 0 atom stereocenters. The second-order valence-electron chi connectivity index (χ2n) is 1.55. The molecule has 0 spiro atoms. The van der Waals surface area contributed by atoms with Crippen molar-refractivity contribution in [1.29, 1.82) is 0 Å². The van der Waals surface area contributed by atoms with Crippen molar-refractivity contribution in [3.63, 3.8) is 0 Å². The summed E-state index contributed by atoms with van der Waals surface area (Å²) in [5.41, 5.74) is 6.18. The van der Waals surface area contributed by atoms with E-state index in [0.29, 0.717) is 0 Å². The Morgan fingerprint density at radius 3 is 1.60 bits per heavy atom. The first-order valence-corrected chi connectivity index (χ1v) is 2.67. The molecule has 6 N–H and O–H groups in total. The third-order valence-electron chi connectivity index (χ3n) is 0.800. The Morgan fingerprint density at radius 1 is 1.00 bits per heavy atom. The van der Waals surface area contributed by atoms with E-state index in [1.165, 1.54) is 0 Å². The Morgan fingerprint density at radius 2 is 1.40 bits per heavy atom. The second kappa shape index (κ2) is 6.03. The first-order valence-electron chi connectivity index (χ1n) is 2.67. The van der Waals surface area contributed by atoms with Crippen LogP contribution in [0.25, 0.3) is 0 Å². The molecule has 0 aliphatic carbocycles. The second-order valence-corrected chi connectivity index (χ2v) is 1.55.